The minimum Gasteiger partial charge on any atom is -0.395 e. The largest absolute Gasteiger partial charge is 0.395 e. The van der Waals surface area contributed by atoms with Gasteiger partial charge in [-0.05, 0) is 69.4 Å². The first-order chi connectivity index (χ1) is 19.7. The maximum absolute atomic E-state index is 13.5. The van der Waals surface area contributed by atoms with Crippen LogP contribution in [0.5, 0.6) is 0 Å². The number of benzene rings is 2. The lowest BCUT2D eigenvalue weighted by Crippen LogP contribution is -2.28. The molecule has 0 aliphatic carbocycles. The van der Waals surface area contributed by atoms with Crippen LogP contribution in [0.1, 0.15) is 40.6 Å². The molecule has 0 saturated carbocycles. The van der Waals surface area contributed by atoms with Gasteiger partial charge in [-0.3, -0.25) is 14.5 Å². The molecular weight excluding hydrogens is 557 g/mol. The number of nitrogens with zero attached hydrogens (tertiary/aromatic N) is 5. The molecule has 41 heavy (non-hydrogen) atoms. The van der Waals surface area contributed by atoms with Crippen molar-refractivity contribution in [1.82, 2.24) is 19.8 Å². The standard InChI is InChI=1S/C30H34N6O3S2/c1-19-26(18-34(2)3)41-29(32-19)30(39)36-12-11-24-23(9-6-10-25(24)36)20-7-5-8-21(15-20)33-27(38)28-31-16-22(40-28)17-35(4)13-14-37/h5-10,15-16,37H,11-14,17-18H2,1-4H3,(H,33,38). The lowest BCUT2D eigenvalue weighted by molar-refractivity contribution is 0.0987. The van der Waals surface area contributed by atoms with Crippen LogP contribution in [0.2, 0.25) is 0 Å². The van der Waals surface area contributed by atoms with Crippen molar-refractivity contribution in [2.24, 2.45) is 0 Å². The van der Waals surface area contributed by atoms with E-state index in [1.807, 2.05) is 74.3 Å². The molecule has 9 nitrogen and oxygen atoms in total. The lowest BCUT2D eigenvalue weighted by atomic mass is 9.97. The molecule has 5 rings (SSSR count). The van der Waals surface area contributed by atoms with Crippen molar-refractivity contribution >= 4 is 45.9 Å². The van der Waals surface area contributed by atoms with E-state index >= 15 is 0 Å². The first-order valence-corrected chi connectivity index (χ1v) is 15.1. The highest BCUT2D eigenvalue weighted by Crippen LogP contribution is 2.38. The Hall–Kier alpha value is -3.48. The number of nitrogens with one attached hydrogen (secondary N) is 1. The Morgan fingerprint density at radius 2 is 1.88 bits per heavy atom. The van der Waals surface area contributed by atoms with Gasteiger partial charge in [0.25, 0.3) is 11.8 Å². The third-order valence-electron chi connectivity index (χ3n) is 6.89. The van der Waals surface area contributed by atoms with Crippen LogP contribution in [0.4, 0.5) is 11.4 Å². The number of fused-ring (bicyclic) bond motifs is 1. The van der Waals surface area contributed by atoms with E-state index < -0.39 is 0 Å². The molecule has 2 N–H and O–H groups in total. The van der Waals surface area contributed by atoms with Crippen molar-refractivity contribution in [3.05, 3.63) is 79.7 Å². The van der Waals surface area contributed by atoms with E-state index in [0.717, 1.165) is 50.8 Å². The Labute approximate surface area is 248 Å². The first kappa shape index (κ1) is 29.0. The SMILES string of the molecule is Cc1nc(C(=O)N2CCc3c(-c4cccc(NC(=O)c5ncc(CN(C)CCO)s5)c4)cccc32)sc1CN(C)C. The molecule has 0 saturated heterocycles. The maximum Gasteiger partial charge on any atom is 0.287 e. The smallest absolute Gasteiger partial charge is 0.287 e. The third kappa shape index (κ3) is 6.55. The van der Waals surface area contributed by atoms with Gasteiger partial charge in [0, 0.05) is 53.5 Å². The van der Waals surface area contributed by atoms with Crippen molar-refractivity contribution in [3.8, 4) is 11.1 Å². The summed E-state index contributed by atoms with van der Waals surface area (Å²) in [6, 6.07) is 13.8. The number of carbonyl (C=O) groups excluding carboxylic acids is 2. The van der Waals surface area contributed by atoms with Gasteiger partial charge in [-0.1, -0.05) is 24.3 Å². The van der Waals surface area contributed by atoms with Gasteiger partial charge in [-0.25, -0.2) is 9.97 Å². The topological polar surface area (TPSA) is 102 Å². The molecule has 0 unspecified atom stereocenters. The number of anilines is 2. The lowest BCUT2D eigenvalue weighted by Gasteiger charge is -2.17. The molecule has 0 atom stereocenters. The molecule has 0 bridgehead atoms. The number of aliphatic hydroxyl groups is 1. The number of carbonyl (C=O) groups is 2. The van der Waals surface area contributed by atoms with Gasteiger partial charge >= 0.3 is 0 Å². The van der Waals surface area contributed by atoms with E-state index in [2.05, 4.69) is 26.3 Å². The molecule has 1 aliphatic rings. The van der Waals surface area contributed by atoms with E-state index in [0.29, 0.717) is 35.3 Å². The van der Waals surface area contributed by atoms with Crippen molar-refractivity contribution in [1.29, 1.82) is 0 Å². The van der Waals surface area contributed by atoms with Gasteiger partial charge in [0.2, 0.25) is 0 Å². The summed E-state index contributed by atoms with van der Waals surface area (Å²) < 4.78 is 0. The molecule has 2 aromatic heterocycles. The molecular formula is C30H34N6O3S2. The fraction of sp³-hybridized carbons (Fsp3) is 0.333. The number of aryl methyl sites for hydroxylation is 1. The number of amides is 2. The van der Waals surface area contributed by atoms with Crippen LogP contribution in [0.15, 0.2) is 48.7 Å². The Morgan fingerprint density at radius 1 is 1.07 bits per heavy atom. The Bertz CT molecular complexity index is 1560. The van der Waals surface area contributed by atoms with Gasteiger partial charge in [0.1, 0.15) is 0 Å². The van der Waals surface area contributed by atoms with E-state index in [4.69, 9.17) is 5.11 Å². The zero-order valence-electron chi connectivity index (χ0n) is 23.7. The van der Waals surface area contributed by atoms with Gasteiger partial charge in [0.15, 0.2) is 10.0 Å². The zero-order valence-corrected chi connectivity index (χ0v) is 25.3. The number of thiazole rings is 2. The van der Waals surface area contributed by atoms with Crippen LogP contribution in [-0.4, -0.2) is 77.5 Å². The third-order valence-corrected chi connectivity index (χ3v) is 9.01. The Morgan fingerprint density at radius 3 is 2.66 bits per heavy atom. The molecule has 1 aliphatic heterocycles. The van der Waals surface area contributed by atoms with Crippen molar-refractivity contribution < 1.29 is 14.7 Å². The number of aromatic nitrogens is 2. The van der Waals surface area contributed by atoms with Crippen LogP contribution >= 0.6 is 22.7 Å². The van der Waals surface area contributed by atoms with E-state index in [9.17, 15) is 9.59 Å². The summed E-state index contributed by atoms with van der Waals surface area (Å²) in [4.78, 5) is 43.3. The number of rotatable bonds is 10. The highest BCUT2D eigenvalue weighted by molar-refractivity contribution is 7.14. The summed E-state index contributed by atoms with van der Waals surface area (Å²) in [6.07, 6.45) is 2.45. The molecule has 4 aromatic rings. The molecule has 214 valence electrons. The second-order valence-corrected chi connectivity index (χ2v) is 12.6. The number of hydrogen-bond donors (Lipinski definition) is 2. The Kier molecular flexibility index (Phi) is 8.91. The molecule has 3 heterocycles. The van der Waals surface area contributed by atoms with Crippen molar-refractivity contribution in [3.63, 3.8) is 0 Å². The van der Waals surface area contributed by atoms with Crippen molar-refractivity contribution in [2.45, 2.75) is 26.4 Å². The van der Waals surface area contributed by atoms with Gasteiger partial charge in [-0.2, -0.15) is 0 Å². The minimum atomic E-state index is -0.259. The predicted octanol–water partition coefficient (Wildman–Crippen LogP) is 4.52. The summed E-state index contributed by atoms with van der Waals surface area (Å²) in [7, 11) is 5.93. The fourth-order valence-corrected chi connectivity index (χ4v) is 6.95. The highest BCUT2D eigenvalue weighted by atomic mass is 32.1. The van der Waals surface area contributed by atoms with Crippen LogP contribution < -0.4 is 10.2 Å². The van der Waals surface area contributed by atoms with Gasteiger partial charge in [0.05, 0.1) is 12.3 Å². The summed E-state index contributed by atoms with van der Waals surface area (Å²) >= 11 is 2.82. The van der Waals surface area contributed by atoms with Crippen LogP contribution in [0, 0.1) is 6.92 Å². The average molecular weight is 591 g/mol. The van der Waals surface area contributed by atoms with Gasteiger partial charge < -0.3 is 20.2 Å². The van der Waals surface area contributed by atoms with E-state index in [-0.39, 0.29) is 18.4 Å². The first-order valence-electron chi connectivity index (χ1n) is 13.4. The van der Waals surface area contributed by atoms with Crippen molar-refractivity contribution in [2.75, 3.05) is 51.1 Å². The summed E-state index contributed by atoms with van der Waals surface area (Å²) in [5, 5.41) is 13.0. The molecule has 2 aromatic carbocycles. The van der Waals surface area contributed by atoms with E-state index in [1.165, 1.54) is 22.7 Å². The number of aliphatic hydroxyl groups excluding tert-OH is 1. The summed E-state index contributed by atoms with van der Waals surface area (Å²) in [6.45, 7) is 4.59. The van der Waals surface area contributed by atoms with Crippen LogP contribution in [0.25, 0.3) is 11.1 Å². The fourth-order valence-electron chi connectivity index (χ4n) is 4.94. The van der Waals surface area contributed by atoms with Crippen LogP contribution in [-0.2, 0) is 19.5 Å². The molecule has 0 spiro atoms. The second kappa shape index (κ2) is 12.6. The predicted molar refractivity (Wildman–Crippen MR) is 165 cm³/mol. The van der Waals surface area contributed by atoms with E-state index in [1.54, 1.807) is 6.20 Å². The Balaban J connectivity index is 1.33. The summed E-state index contributed by atoms with van der Waals surface area (Å²) in [5.74, 6) is -0.323. The normalized spacial score (nSPS) is 12.8. The van der Waals surface area contributed by atoms with Gasteiger partial charge in [-0.15, -0.1) is 22.7 Å². The highest BCUT2D eigenvalue weighted by Gasteiger charge is 2.30. The number of hydrogen-bond acceptors (Lipinski definition) is 9. The molecule has 0 fully saturated rings. The molecule has 11 heteroatoms. The quantitative estimate of drug-likeness (QED) is 0.280. The molecule has 0 radical (unpaired) electrons. The average Bonchev–Trinajstić information content (AvgIpc) is 3.67. The summed E-state index contributed by atoms with van der Waals surface area (Å²) in [5.41, 5.74) is 5.62. The monoisotopic (exact) mass is 590 g/mol. The minimum absolute atomic E-state index is 0.0645. The number of likely N-dealkylation sites (N-methyl/N-ethyl adjacent to an activating group) is 1. The zero-order chi connectivity index (χ0) is 29.1. The second-order valence-electron chi connectivity index (χ2n) is 10.4. The maximum atomic E-state index is 13.5. The van der Waals surface area contributed by atoms with Crippen LogP contribution in [0.3, 0.4) is 0 Å². The molecule has 2 amide bonds.